The molecular weight excluding hydrogens is 470 g/mol. The average molecular weight is 502 g/mol. The number of benzene rings is 3. The molecule has 3 N–H and O–H groups in total. The van der Waals surface area contributed by atoms with Crippen LogP contribution in [-0.4, -0.2) is 41.1 Å². The second-order valence-electron chi connectivity index (χ2n) is 8.29. The number of para-hydroxylation sites is 1. The summed E-state index contributed by atoms with van der Waals surface area (Å²) >= 11 is 0. The van der Waals surface area contributed by atoms with E-state index < -0.39 is 6.04 Å². The van der Waals surface area contributed by atoms with Crippen LogP contribution >= 0.6 is 0 Å². The van der Waals surface area contributed by atoms with Crippen molar-refractivity contribution >= 4 is 29.3 Å². The van der Waals surface area contributed by atoms with Crippen LogP contribution in [0.2, 0.25) is 0 Å². The van der Waals surface area contributed by atoms with E-state index in [4.69, 9.17) is 14.6 Å². The van der Waals surface area contributed by atoms with E-state index >= 15 is 0 Å². The largest absolute Gasteiger partial charge is 0.483 e. The summed E-state index contributed by atoms with van der Waals surface area (Å²) < 4.78 is 7.60. The van der Waals surface area contributed by atoms with Gasteiger partial charge < -0.3 is 25.0 Å². The van der Waals surface area contributed by atoms with Gasteiger partial charge in [-0.05, 0) is 22.8 Å². The molecule has 3 aromatic carbocycles. The van der Waals surface area contributed by atoms with Gasteiger partial charge >= 0.3 is 5.97 Å². The number of rotatable bonds is 10. The monoisotopic (exact) mass is 501 g/mol. The molecule has 1 unspecified atom stereocenters. The molecule has 8 nitrogen and oxygen atoms in total. The van der Waals surface area contributed by atoms with Crippen molar-refractivity contribution in [2.75, 3.05) is 7.05 Å². The number of aromatic nitrogens is 1. The van der Waals surface area contributed by atoms with Crippen LogP contribution in [0.5, 0.6) is 0 Å². The lowest BCUT2D eigenvalue weighted by Gasteiger charge is -2.18. The van der Waals surface area contributed by atoms with E-state index in [1.54, 1.807) is 7.05 Å². The molecule has 37 heavy (non-hydrogen) atoms. The lowest BCUT2D eigenvalue weighted by Crippen LogP contribution is -2.39. The minimum atomic E-state index is -0.539. The number of nitrogens with zero attached hydrogens (tertiary/aromatic N) is 1. The average Bonchev–Trinajstić information content (AvgIpc) is 3.28. The molecule has 4 rings (SSSR count). The van der Waals surface area contributed by atoms with Crippen molar-refractivity contribution in [3.8, 4) is 0 Å². The summed E-state index contributed by atoms with van der Waals surface area (Å²) in [6.45, 7) is 0.738. The van der Waals surface area contributed by atoms with Crippen molar-refractivity contribution in [3.05, 3.63) is 108 Å². The van der Waals surface area contributed by atoms with Crippen molar-refractivity contribution < 1.29 is 24.2 Å². The second-order valence-corrected chi connectivity index (χ2v) is 8.29. The number of hydrogen-bond acceptors (Lipinski definition) is 5. The van der Waals surface area contributed by atoms with Crippen LogP contribution < -0.4 is 10.6 Å². The lowest BCUT2D eigenvalue weighted by molar-refractivity contribution is -0.147. The van der Waals surface area contributed by atoms with Crippen LogP contribution in [0.3, 0.4) is 0 Å². The van der Waals surface area contributed by atoms with E-state index in [-0.39, 0.29) is 31.5 Å². The molecule has 0 fully saturated rings. The van der Waals surface area contributed by atoms with E-state index in [9.17, 15) is 9.59 Å². The van der Waals surface area contributed by atoms with Gasteiger partial charge in [-0.1, -0.05) is 78.9 Å². The van der Waals surface area contributed by atoms with Crippen molar-refractivity contribution in [2.24, 2.45) is 0 Å². The molecule has 0 saturated carbocycles. The maximum atomic E-state index is 13.2. The van der Waals surface area contributed by atoms with Gasteiger partial charge in [-0.15, -0.1) is 0 Å². The number of fused-ring (bicyclic) bond motifs is 1. The smallest absolute Gasteiger partial charge is 0.323 e. The number of amides is 1. The Kier molecular flexibility index (Phi) is 10.4. The van der Waals surface area contributed by atoms with E-state index in [1.807, 2.05) is 95.7 Å². The molecule has 0 aliphatic carbocycles. The zero-order valence-electron chi connectivity index (χ0n) is 20.7. The maximum absolute atomic E-state index is 13.2. The normalized spacial score (nSPS) is 11.2. The molecule has 0 saturated heterocycles. The number of carbonyl (C=O) groups is 3. The molecular formula is C29H31N3O5. The van der Waals surface area contributed by atoms with Gasteiger partial charge in [-0.2, -0.15) is 0 Å². The van der Waals surface area contributed by atoms with Crippen molar-refractivity contribution in [1.82, 2.24) is 15.2 Å². The Hall–Kier alpha value is -4.43. The molecule has 0 aliphatic heterocycles. The Balaban J connectivity index is 0.00000121. The number of likely N-dealkylation sites (N-methyl/N-ethyl adjacent to an activating group) is 1. The van der Waals surface area contributed by atoms with E-state index in [0.717, 1.165) is 27.6 Å². The molecule has 0 spiro atoms. The van der Waals surface area contributed by atoms with Crippen LogP contribution in [0, 0.1) is 0 Å². The topological polar surface area (TPSA) is 110 Å². The number of esters is 1. The zero-order valence-corrected chi connectivity index (χ0v) is 20.7. The molecule has 1 atom stereocenters. The molecule has 0 radical (unpaired) electrons. The van der Waals surface area contributed by atoms with Gasteiger partial charge in [0.15, 0.2) is 0 Å². The Morgan fingerprint density at radius 3 is 2.19 bits per heavy atom. The summed E-state index contributed by atoms with van der Waals surface area (Å²) in [7, 11) is 1.63. The Bertz CT molecular complexity index is 1290. The third kappa shape index (κ3) is 8.05. The lowest BCUT2D eigenvalue weighted by atomic mass is 10.0. The highest BCUT2D eigenvalue weighted by atomic mass is 16.5. The summed E-state index contributed by atoms with van der Waals surface area (Å²) in [5.41, 5.74) is 3.98. The summed E-state index contributed by atoms with van der Waals surface area (Å²) in [5.74, 6) is -0.378. The fourth-order valence-corrected chi connectivity index (χ4v) is 3.98. The first kappa shape index (κ1) is 27.2. The molecule has 1 aromatic heterocycles. The maximum Gasteiger partial charge on any atom is 0.323 e. The number of carbonyl (C=O) groups excluding carboxylic acids is 2. The fraction of sp³-hybridized carbons (Fsp3) is 0.207. The van der Waals surface area contributed by atoms with E-state index in [0.29, 0.717) is 13.0 Å². The molecule has 1 amide bonds. The summed E-state index contributed by atoms with van der Waals surface area (Å²) in [6.07, 6.45) is 2.41. The second kappa shape index (κ2) is 14.2. The third-order valence-electron chi connectivity index (χ3n) is 5.79. The Labute approximate surface area is 215 Å². The van der Waals surface area contributed by atoms with Gasteiger partial charge in [0, 0.05) is 37.1 Å². The quantitative estimate of drug-likeness (QED) is 0.227. The first-order chi connectivity index (χ1) is 18.0. The van der Waals surface area contributed by atoms with Crippen LogP contribution in [0.15, 0.2) is 91.1 Å². The summed E-state index contributed by atoms with van der Waals surface area (Å²) in [5, 5.41) is 14.0. The van der Waals surface area contributed by atoms with Gasteiger partial charge in [0.25, 0.3) is 6.47 Å². The highest BCUT2D eigenvalue weighted by Crippen LogP contribution is 2.23. The van der Waals surface area contributed by atoms with Crippen LogP contribution in [-0.2, 0) is 45.2 Å². The van der Waals surface area contributed by atoms with Crippen molar-refractivity contribution in [1.29, 1.82) is 0 Å². The predicted molar refractivity (Wildman–Crippen MR) is 142 cm³/mol. The highest BCUT2D eigenvalue weighted by Gasteiger charge is 2.23. The standard InChI is InChI=1S/C28H29N3O3.CH2O2/c1-29-27(32)19-31-18-23(24-14-8-9-15-26(24)31)16-25(30-17-21-10-4-2-5-11-21)28(33)34-20-22-12-6-3-7-13-22;2-1-3/h2-15,18,25,30H,16-17,19-20H2,1H3,(H,29,32);1H,(H,2,3). The van der Waals surface area contributed by atoms with E-state index in [2.05, 4.69) is 10.6 Å². The number of ether oxygens (including phenoxy) is 1. The summed E-state index contributed by atoms with van der Waals surface area (Å²) in [6, 6.07) is 27.0. The number of hydrogen-bond donors (Lipinski definition) is 3. The first-order valence-corrected chi connectivity index (χ1v) is 11.9. The third-order valence-corrected chi connectivity index (χ3v) is 5.79. The van der Waals surface area contributed by atoms with Crippen LogP contribution in [0.25, 0.3) is 10.9 Å². The molecule has 8 heteroatoms. The minimum Gasteiger partial charge on any atom is -0.483 e. The number of carboxylic acid groups (broad SMARTS) is 1. The van der Waals surface area contributed by atoms with Gasteiger partial charge in [-0.25, -0.2) is 0 Å². The van der Waals surface area contributed by atoms with Crippen LogP contribution in [0.1, 0.15) is 16.7 Å². The minimum absolute atomic E-state index is 0.0756. The number of nitrogens with one attached hydrogen (secondary N) is 2. The van der Waals surface area contributed by atoms with Crippen molar-refractivity contribution in [3.63, 3.8) is 0 Å². The zero-order chi connectivity index (χ0) is 26.5. The predicted octanol–water partition coefficient (Wildman–Crippen LogP) is 3.53. The molecule has 192 valence electrons. The Morgan fingerprint density at radius 1 is 0.946 bits per heavy atom. The van der Waals surface area contributed by atoms with Gasteiger partial charge in [0.2, 0.25) is 5.91 Å². The molecule has 4 aromatic rings. The highest BCUT2D eigenvalue weighted by molar-refractivity contribution is 5.87. The van der Waals surface area contributed by atoms with Gasteiger partial charge in [0.05, 0.1) is 0 Å². The van der Waals surface area contributed by atoms with Gasteiger partial charge in [0.1, 0.15) is 19.2 Å². The van der Waals surface area contributed by atoms with Crippen LogP contribution in [0.4, 0.5) is 0 Å². The SMILES string of the molecule is CNC(=O)Cn1cc(CC(NCc2ccccc2)C(=O)OCc2ccccc2)c2ccccc21.O=CO. The molecule has 0 bridgehead atoms. The molecule has 0 aliphatic rings. The first-order valence-electron chi connectivity index (χ1n) is 11.9. The Morgan fingerprint density at radius 2 is 1.54 bits per heavy atom. The molecule has 1 heterocycles. The van der Waals surface area contributed by atoms with Gasteiger partial charge in [-0.3, -0.25) is 14.4 Å². The van der Waals surface area contributed by atoms with Crippen molar-refractivity contribution in [2.45, 2.75) is 32.2 Å². The van der Waals surface area contributed by atoms with E-state index in [1.165, 1.54) is 0 Å². The fourth-order valence-electron chi connectivity index (χ4n) is 3.98. The summed E-state index contributed by atoms with van der Waals surface area (Å²) in [4.78, 5) is 33.5.